The lowest BCUT2D eigenvalue weighted by atomic mass is 9.97. The van der Waals surface area contributed by atoms with Crippen molar-refractivity contribution < 1.29 is 0 Å². The van der Waals surface area contributed by atoms with Crippen LogP contribution in [0.3, 0.4) is 0 Å². The number of nitrogens with zero attached hydrogens (tertiary/aromatic N) is 5. The van der Waals surface area contributed by atoms with Crippen LogP contribution >= 0.6 is 11.6 Å². The molecule has 200 valence electrons. The second kappa shape index (κ2) is 11.5. The molecule has 3 aromatic carbocycles. The Balaban J connectivity index is 1.20. The van der Waals surface area contributed by atoms with Gasteiger partial charge in [0.05, 0.1) is 18.1 Å². The van der Waals surface area contributed by atoms with E-state index in [1.807, 2.05) is 12.1 Å². The van der Waals surface area contributed by atoms with Crippen molar-refractivity contribution in [2.75, 3.05) is 37.6 Å². The summed E-state index contributed by atoms with van der Waals surface area (Å²) in [6.07, 6.45) is 3.28. The second-order valence-electron chi connectivity index (χ2n) is 10.7. The number of hydrogen-bond donors (Lipinski definition) is 0. The molecule has 1 saturated heterocycles. The summed E-state index contributed by atoms with van der Waals surface area (Å²) in [4.78, 5) is 17.7. The maximum Gasteiger partial charge on any atom is 0.145 e. The van der Waals surface area contributed by atoms with Crippen LogP contribution in [-0.4, -0.2) is 52.5 Å². The lowest BCUT2D eigenvalue weighted by Gasteiger charge is -2.40. The molecule has 0 N–H and O–H groups in total. The third-order valence-electron chi connectivity index (χ3n) is 8.27. The Bertz CT molecular complexity index is 1470. The summed E-state index contributed by atoms with van der Waals surface area (Å²) in [6, 6.07) is 25.8. The van der Waals surface area contributed by atoms with Gasteiger partial charge in [0.1, 0.15) is 11.6 Å². The van der Waals surface area contributed by atoms with Crippen molar-refractivity contribution >= 4 is 28.3 Å². The van der Waals surface area contributed by atoms with E-state index in [2.05, 4.69) is 95.3 Å². The van der Waals surface area contributed by atoms with Gasteiger partial charge in [0.25, 0.3) is 0 Å². The molecule has 39 heavy (non-hydrogen) atoms. The van der Waals surface area contributed by atoms with Crippen molar-refractivity contribution in [3.05, 3.63) is 112 Å². The number of rotatable bonds is 6. The van der Waals surface area contributed by atoms with E-state index in [0.29, 0.717) is 0 Å². The van der Waals surface area contributed by atoms with Crippen LogP contribution in [-0.2, 0) is 19.5 Å². The molecule has 6 rings (SSSR count). The number of allylic oxidation sites excluding steroid dienone is 1. The van der Waals surface area contributed by atoms with Crippen LogP contribution in [0.5, 0.6) is 0 Å². The van der Waals surface area contributed by atoms with Crippen LogP contribution in [0.15, 0.2) is 84.4 Å². The number of halogens is 1. The average Bonchev–Trinajstić information content (AvgIpc) is 2.98. The third-order valence-corrected chi connectivity index (χ3v) is 8.52. The number of anilines is 1. The Morgan fingerprint density at radius 3 is 2.36 bits per heavy atom. The molecule has 0 amide bonds. The lowest BCUT2D eigenvalue weighted by molar-refractivity contribution is 0.102. The zero-order valence-corrected chi connectivity index (χ0v) is 23.6. The van der Waals surface area contributed by atoms with Gasteiger partial charge in [0.2, 0.25) is 0 Å². The molecule has 2 aliphatic heterocycles. The Morgan fingerprint density at radius 2 is 1.59 bits per heavy atom. The largest absolute Gasteiger partial charge is 0.351 e. The molecule has 1 atom stereocenters. The van der Waals surface area contributed by atoms with E-state index in [4.69, 9.17) is 21.6 Å². The molecule has 0 bridgehead atoms. The molecule has 1 aromatic heterocycles. The second-order valence-corrected chi connectivity index (χ2v) is 11.2. The number of aromatic nitrogens is 2. The van der Waals surface area contributed by atoms with E-state index in [1.165, 1.54) is 22.3 Å². The Morgan fingerprint density at radius 1 is 0.872 bits per heavy atom. The molecule has 0 saturated carbocycles. The fourth-order valence-corrected chi connectivity index (χ4v) is 6.17. The molecule has 4 aromatic rings. The minimum Gasteiger partial charge on any atom is -0.351 e. The van der Waals surface area contributed by atoms with Gasteiger partial charge in [0.15, 0.2) is 0 Å². The summed E-state index contributed by atoms with van der Waals surface area (Å²) in [7, 11) is 0. The van der Waals surface area contributed by atoms with Gasteiger partial charge in [-0.15, -0.1) is 0 Å². The van der Waals surface area contributed by atoms with Gasteiger partial charge >= 0.3 is 0 Å². The Hall–Kier alpha value is -3.25. The van der Waals surface area contributed by atoms with Crippen molar-refractivity contribution in [2.24, 2.45) is 0 Å². The van der Waals surface area contributed by atoms with Gasteiger partial charge in [-0.3, -0.25) is 9.80 Å². The standard InChI is InChI=1S/C33H36ClN5/c1-3-24(2)32(26-12-14-28(34)15-13-26)38-20-18-37(19-21-38)23-31-35-30-11-7-6-10-29(30)33(36-31)39-17-16-25-8-4-5-9-27(25)22-39/h3-15,32H,16-23H2,1-2H3/b24-3+. The first-order valence-corrected chi connectivity index (χ1v) is 14.4. The molecule has 6 heteroatoms. The fraction of sp³-hybridized carbons (Fsp3) is 0.333. The summed E-state index contributed by atoms with van der Waals surface area (Å²) in [5.74, 6) is 1.98. The van der Waals surface area contributed by atoms with Gasteiger partial charge in [-0.05, 0) is 61.2 Å². The number of benzene rings is 3. The highest BCUT2D eigenvalue weighted by atomic mass is 35.5. The zero-order valence-electron chi connectivity index (χ0n) is 22.9. The summed E-state index contributed by atoms with van der Waals surface area (Å²) < 4.78 is 0. The van der Waals surface area contributed by atoms with E-state index < -0.39 is 0 Å². The predicted molar refractivity (Wildman–Crippen MR) is 161 cm³/mol. The molecule has 3 heterocycles. The Labute approximate surface area is 236 Å². The summed E-state index contributed by atoms with van der Waals surface area (Å²) >= 11 is 6.18. The minimum absolute atomic E-state index is 0.278. The van der Waals surface area contributed by atoms with Crippen LogP contribution < -0.4 is 4.90 Å². The quantitative estimate of drug-likeness (QED) is 0.257. The highest BCUT2D eigenvalue weighted by Crippen LogP contribution is 2.32. The number of para-hydroxylation sites is 1. The molecule has 1 unspecified atom stereocenters. The van der Waals surface area contributed by atoms with Gasteiger partial charge < -0.3 is 4.90 Å². The maximum atomic E-state index is 6.18. The smallest absolute Gasteiger partial charge is 0.145 e. The van der Waals surface area contributed by atoms with Gasteiger partial charge in [-0.25, -0.2) is 9.97 Å². The van der Waals surface area contributed by atoms with Crippen LogP contribution in [0.25, 0.3) is 10.9 Å². The zero-order chi connectivity index (χ0) is 26.8. The first kappa shape index (κ1) is 26.0. The van der Waals surface area contributed by atoms with Gasteiger partial charge in [-0.1, -0.05) is 71.8 Å². The SMILES string of the molecule is C/C=C(\C)C(c1ccc(Cl)cc1)N1CCN(Cc2nc(N3CCc4ccccc4C3)c3ccccc3n2)CC1. The fourth-order valence-electron chi connectivity index (χ4n) is 6.04. The van der Waals surface area contributed by atoms with Crippen LogP contribution in [0.1, 0.15) is 42.4 Å². The molecule has 0 spiro atoms. The van der Waals surface area contributed by atoms with E-state index in [1.54, 1.807) is 0 Å². The van der Waals surface area contributed by atoms with Crippen molar-refractivity contribution in [1.29, 1.82) is 0 Å². The average molecular weight is 538 g/mol. The van der Waals surface area contributed by atoms with Crippen molar-refractivity contribution in [3.8, 4) is 0 Å². The molecule has 2 aliphatic rings. The molecule has 0 radical (unpaired) electrons. The molecule has 1 fully saturated rings. The van der Waals surface area contributed by atoms with Crippen molar-refractivity contribution in [3.63, 3.8) is 0 Å². The van der Waals surface area contributed by atoms with Crippen LogP contribution in [0, 0.1) is 0 Å². The van der Waals surface area contributed by atoms with Gasteiger partial charge in [-0.2, -0.15) is 0 Å². The molecular formula is C33H36ClN5. The normalized spacial score (nSPS) is 17.8. The van der Waals surface area contributed by atoms with E-state index in [9.17, 15) is 0 Å². The Kier molecular flexibility index (Phi) is 7.64. The maximum absolute atomic E-state index is 6.18. The van der Waals surface area contributed by atoms with Crippen molar-refractivity contribution in [2.45, 2.75) is 39.4 Å². The third kappa shape index (κ3) is 5.58. The monoisotopic (exact) mass is 537 g/mol. The van der Waals surface area contributed by atoms with E-state index in [-0.39, 0.29) is 6.04 Å². The number of hydrogen-bond acceptors (Lipinski definition) is 5. The van der Waals surface area contributed by atoms with Crippen LogP contribution in [0.2, 0.25) is 5.02 Å². The van der Waals surface area contributed by atoms with Gasteiger partial charge in [0, 0.05) is 49.7 Å². The van der Waals surface area contributed by atoms with E-state index >= 15 is 0 Å². The van der Waals surface area contributed by atoms with Crippen LogP contribution in [0.4, 0.5) is 5.82 Å². The van der Waals surface area contributed by atoms with E-state index in [0.717, 1.165) is 79.8 Å². The number of fused-ring (bicyclic) bond motifs is 2. The highest BCUT2D eigenvalue weighted by Gasteiger charge is 2.27. The highest BCUT2D eigenvalue weighted by molar-refractivity contribution is 6.30. The topological polar surface area (TPSA) is 35.5 Å². The summed E-state index contributed by atoms with van der Waals surface area (Å²) in [6.45, 7) is 11.0. The first-order chi connectivity index (χ1) is 19.1. The first-order valence-electron chi connectivity index (χ1n) is 14.0. The molecule has 5 nitrogen and oxygen atoms in total. The number of piperazine rings is 1. The minimum atomic E-state index is 0.278. The summed E-state index contributed by atoms with van der Waals surface area (Å²) in [5, 5.41) is 1.92. The predicted octanol–water partition coefficient (Wildman–Crippen LogP) is 6.67. The summed E-state index contributed by atoms with van der Waals surface area (Å²) in [5.41, 5.74) is 6.55. The van der Waals surface area contributed by atoms with Crippen molar-refractivity contribution in [1.82, 2.24) is 19.8 Å². The molecule has 0 aliphatic carbocycles. The molecular weight excluding hydrogens is 502 g/mol. The lowest BCUT2D eigenvalue weighted by Crippen LogP contribution is -2.47.